The lowest BCUT2D eigenvalue weighted by Crippen LogP contribution is -2.43. The number of sulfone groups is 1. The fraction of sp³-hybridized carbons (Fsp3) is 0.421. The van der Waals surface area contributed by atoms with Crippen molar-refractivity contribution in [2.24, 2.45) is 0 Å². The molecule has 1 aliphatic rings. The minimum Gasteiger partial charge on any atom is -0.454 e. The summed E-state index contributed by atoms with van der Waals surface area (Å²) in [6.07, 6.45) is 0.377. The molecule has 1 aromatic carbocycles. The molecule has 0 radical (unpaired) electrons. The Morgan fingerprint density at radius 3 is 2.67 bits per heavy atom. The maximum Gasteiger partial charge on any atom is 0.325 e. The Labute approximate surface area is 183 Å². The molecule has 162 valence electrons. The van der Waals surface area contributed by atoms with Crippen molar-refractivity contribution in [1.29, 1.82) is 0 Å². The molecule has 1 N–H and O–H groups in total. The molecule has 0 unspecified atom stereocenters. The number of hydrogen-bond donors (Lipinski definition) is 1. The number of carbonyl (C=O) groups excluding carboxylic acids is 3. The number of fused-ring (bicyclic) bond motifs is 1. The molecule has 1 aromatic heterocycles. The molecule has 1 aliphatic heterocycles. The quantitative estimate of drug-likeness (QED) is 0.616. The number of likely N-dealkylation sites (N-methyl/N-ethyl adjacent to an activating group) is 1. The minimum atomic E-state index is -3.13. The Morgan fingerprint density at radius 1 is 1.30 bits per heavy atom. The number of rotatable bonds is 7. The standard InChI is InChI=1S/C19H21ClN2O6S2/c1-2-22(12-7-8-30(26,27)11-12)15(23)10-28-16(24)9-21-19(25)18-17(20)13-5-3-4-6-14(13)29-18/h3-6,12H,2,7-11H2,1H3,(H,21,25)/t12-/m0/s1. The van der Waals surface area contributed by atoms with Gasteiger partial charge in [-0.15, -0.1) is 11.3 Å². The minimum absolute atomic E-state index is 0.0492. The van der Waals surface area contributed by atoms with Crippen LogP contribution in [0.25, 0.3) is 10.1 Å². The largest absolute Gasteiger partial charge is 0.454 e. The molecule has 2 amide bonds. The predicted molar refractivity (Wildman–Crippen MR) is 115 cm³/mol. The van der Waals surface area contributed by atoms with Gasteiger partial charge in [-0.3, -0.25) is 14.4 Å². The van der Waals surface area contributed by atoms with Crippen molar-refractivity contribution in [3.8, 4) is 0 Å². The van der Waals surface area contributed by atoms with E-state index in [-0.39, 0.29) is 11.5 Å². The highest BCUT2D eigenvalue weighted by Crippen LogP contribution is 2.34. The van der Waals surface area contributed by atoms with E-state index in [9.17, 15) is 22.8 Å². The van der Waals surface area contributed by atoms with E-state index in [1.807, 2.05) is 18.2 Å². The Hall–Kier alpha value is -2.17. The van der Waals surface area contributed by atoms with Crippen molar-refractivity contribution < 1.29 is 27.5 Å². The molecule has 11 heteroatoms. The van der Waals surface area contributed by atoms with Gasteiger partial charge in [0.1, 0.15) is 11.4 Å². The van der Waals surface area contributed by atoms with Gasteiger partial charge < -0.3 is 15.0 Å². The number of hydrogen-bond acceptors (Lipinski definition) is 7. The third kappa shape index (κ3) is 5.11. The van der Waals surface area contributed by atoms with Gasteiger partial charge in [-0.05, 0) is 19.4 Å². The van der Waals surface area contributed by atoms with E-state index in [0.29, 0.717) is 22.9 Å². The molecule has 1 fully saturated rings. The third-order valence-electron chi connectivity index (χ3n) is 4.80. The van der Waals surface area contributed by atoms with Gasteiger partial charge in [0.15, 0.2) is 16.4 Å². The number of amides is 2. The van der Waals surface area contributed by atoms with Gasteiger partial charge in [0.05, 0.1) is 16.5 Å². The highest BCUT2D eigenvalue weighted by atomic mass is 35.5. The van der Waals surface area contributed by atoms with Crippen molar-refractivity contribution in [1.82, 2.24) is 10.2 Å². The fourth-order valence-corrected chi connectivity index (χ4v) is 6.49. The smallest absolute Gasteiger partial charge is 0.325 e. The van der Waals surface area contributed by atoms with Gasteiger partial charge in [-0.25, -0.2) is 8.42 Å². The van der Waals surface area contributed by atoms with E-state index in [4.69, 9.17) is 16.3 Å². The van der Waals surface area contributed by atoms with Gasteiger partial charge in [-0.2, -0.15) is 0 Å². The van der Waals surface area contributed by atoms with Crippen LogP contribution in [0.2, 0.25) is 5.02 Å². The highest BCUT2D eigenvalue weighted by molar-refractivity contribution is 7.91. The number of nitrogens with zero attached hydrogens (tertiary/aromatic N) is 1. The number of ether oxygens (including phenoxy) is 1. The van der Waals surface area contributed by atoms with Crippen LogP contribution in [0, 0.1) is 0 Å². The van der Waals surface area contributed by atoms with Crippen LogP contribution in [-0.4, -0.2) is 68.3 Å². The van der Waals surface area contributed by atoms with Crippen molar-refractivity contribution in [3.63, 3.8) is 0 Å². The summed E-state index contributed by atoms with van der Waals surface area (Å²) in [7, 11) is -3.13. The average molecular weight is 473 g/mol. The number of esters is 1. The van der Waals surface area contributed by atoms with Gasteiger partial charge in [0.25, 0.3) is 11.8 Å². The van der Waals surface area contributed by atoms with Gasteiger partial charge in [0, 0.05) is 22.7 Å². The number of benzene rings is 1. The number of carbonyl (C=O) groups is 3. The first-order chi connectivity index (χ1) is 14.2. The second kappa shape index (κ2) is 9.32. The summed E-state index contributed by atoms with van der Waals surface area (Å²) in [6, 6.07) is 6.90. The first kappa shape index (κ1) is 22.5. The Bertz CT molecular complexity index is 1080. The van der Waals surface area contributed by atoms with Crippen LogP contribution >= 0.6 is 22.9 Å². The summed E-state index contributed by atoms with van der Waals surface area (Å²) < 4.78 is 29.1. The van der Waals surface area contributed by atoms with Crippen LogP contribution in [-0.2, 0) is 24.2 Å². The second-order valence-electron chi connectivity index (χ2n) is 6.82. The van der Waals surface area contributed by atoms with Crippen molar-refractivity contribution in [3.05, 3.63) is 34.2 Å². The van der Waals surface area contributed by atoms with Gasteiger partial charge in [0.2, 0.25) is 0 Å². The molecular weight excluding hydrogens is 452 g/mol. The van der Waals surface area contributed by atoms with Crippen molar-refractivity contribution in [2.75, 3.05) is 31.2 Å². The summed E-state index contributed by atoms with van der Waals surface area (Å²) in [5.41, 5.74) is 0. The molecule has 0 saturated carbocycles. The third-order valence-corrected chi connectivity index (χ3v) is 8.23. The molecule has 8 nitrogen and oxygen atoms in total. The van der Waals surface area contributed by atoms with E-state index >= 15 is 0 Å². The van der Waals surface area contributed by atoms with Gasteiger partial charge >= 0.3 is 5.97 Å². The molecule has 30 heavy (non-hydrogen) atoms. The number of thiophene rings is 1. The van der Waals surface area contributed by atoms with E-state index in [1.165, 1.54) is 16.2 Å². The SMILES string of the molecule is CCN(C(=O)COC(=O)CNC(=O)c1sc2ccccc2c1Cl)[C@H]1CCS(=O)(=O)C1. The summed E-state index contributed by atoms with van der Waals surface area (Å²) in [5, 5.41) is 3.52. The fourth-order valence-electron chi connectivity index (χ4n) is 3.33. The normalized spacial score (nSPS) is 17.6. The van der Waals surface area contributed by atoms with Crippen LogP contribution in [0.5, 0.6) is 0 Å². The molecule has 1 saturated heterocycles. The number of nitrogens with one attached hydrogen (secondary N) is 1. The lowest BCUT2D eigenvalue weighted by atomic mass is 10.2. The Morgan fingerprint density at radius 2 is 2.03 bits per heavy atom. The number of halogens is 1. The lowest BCUT2D eigenvalue weighted by molar-refractivity contribution is -0.151. The highest BCUT2D eigenvalue weighted by Gasteiger charge is 2.34. The zero-order valence-electron chi connectivity index (χ0n) is 16.2. The maximum atomic E-state index is 12.3. The maximum absolute atomic E-state index is 12.3. The predicted octanol–water partition coefficient (Wildman–Crippen LogP) is 1.86. The molecule has 2 aromatic rings. The first-order valence-electron chi connectivity index (χ1n) is 9.32. The van der Waals surface area contributed by atoms with Crippen LogP contribution in [0.3, 0.4) is 0 Å². The van der Waals surface area contributed by atoms with Crippen LogP contribution in [0.1, 0.15) is 23.0 Å². The van der Waals surface area contributed by atoms with Crippen LogP contribution < -0.4 is 5.32 Å². The summed E-state index contributed by atoms with van der Waals surface area (Å²) >= 11 is 7.46. The first-order valence-corrected chi connectivity index (χ1v) is 12.3. The van der Waals surface area contributed by atoms with Crippen molar-refractivity contribution in [2.45, 2.75) is 19.4 Å². The molecular formula is C19H21ClN2O6S2. The van der Waals surface area contributed by atoms with E-state index in [2.05, 4.69) is 5.32 Å². The van der Waals surface area contributed by atoms with E-state index in [0.717, 1.165) is 10.1 Å². The van der Waals surface area contributed by atoms with Crippen LogP contribution in [0.15, 0.2) is 24.3 Å². The van der Waals surface area contributed by atoms with Crippen LogP contribution in [0.4, 0.5) is 0 Å². The zero-order chi connectivity index (χ0) is 21.9. The topological polar surface area (TPSA) is 110 Å². The summed E-state index contributed by atoms with van der Waals surface area (Å²) in [5.74, 6) is -1.77. The molecule has 0 aliphatic carbocycles. The second-order valence-corrected chi connectivity index (χ2v) is 10.5. The van der Waals surface area contributed by atoms with E-state index in [1.54, 1.807) is 13.0 Å². The Kier molecular flexibility index (Phi) is 6.99. The molecule has 2 heterocycles. The van der Waals surface area contributed by atoms with E-state index < -0.39 is 46.8 Å². The molecule has 0 spiro atoms. The monoisotopic (exact) mass is 472 g/mol. The Balaban J connectivity index is 1.50. The summed E-state index contributed by atoms with van der Waals surface area (Å²) in [6.45, 7) is 1.13. The molecule has 3 rings (SSSR count). The average Bonchev–Trinajstić information content (AvgIpc) is 3.24. The molecule has 1 atom stereocenters. The summed E-state index contributed by atoms with van der Waals surface area (Å²) in [4.78, 5) is 38.3. The van der Waals surface area contributed by atoms with Crippen molar-refractivity contribution >= 4 is 60.6 Å². The lowest BCUT2D eigenvalue weighted by Gasteiger charge is -2.26. The zero-order valence-corrected chi connectivity index (χ0v) is 18.6. The van der Waals surface area contributed by atoms with Gasteiger partial charge in [-0.1, -0.05) is 29.8 Å². The molecule has 0 bridgehead atoms.